The van der Waals surface area contributed by atoms with Crippen LogP contribution in [-0.2, 0) is 5.41 Å². The Balaban J connectivity index is 2.43. The van der Waals surface area contributed by atoms with Crippen LogP contribution >= 0.6 is 23.2 Å². The van der Waals surface area contributed by atoms with Crippen molar-refractivity contribution in [3.05, 3.63) is 57.6 Å². The summed E-state index contributed by atoms with van der Waals surface area (Å²) in [7, 11) is 0. The zero-order valence-corrected chi connectivity index (χ0v) is 15.7. The highest BCUT2D eigenvalue weighted by Crippen LogP contribution is 2.41. The van der Waals surface area contributed by atoms with Gasteiger partial charge in [0.1, 0.15) is 11.5 Å². The summed E-state index contributed by atoms with van der Waals surface area (Å²) in [5, 5.41) is 20.1. The molecule has 0 aliphatic heterocycles. The molecule has 0 saturated carbocycles. The lowest BCUT2D eigenvalue weighted by Crippen LogP contribution is -2.23. The lowest BCUT2D eigenvalue weighted by atomic mass is 9.72. The average molecular weight is 367 g/mol. The third kappa shape index (κ3) is 4.17. The molecule has 0 bridgehead atoms. The van der Waals surface area contributed by atoms with Gasteiger partial charge in [0, 0.05) is 5.41 Å². The molecule has 0 heterocycles. The third-order valence-corrected chi connectivity index (χ3v) is 5.31. The minimum atomic E-state index is -0.289. The molecule has 2 rings (SSSR count). The molecule has 0 aromatic heterocycles. The second-order valence-electron chi connectivity index (χ2n) is 6.48. The van der Waals surface area contributed by atoms with Crippen molar-refractivity contribution >= 4 is 23.2 Å². The molecule has 24 heavy (non-hydrogen) atoms. The summed E-state index contributed by atoms with van der Waals surface area (Å²) < 4.78 is 0. The molecule has 0 radical (unpaired) electrons. The number of hydrogen-bond donors (Lipinski definition) is 2. The van der Waals surface area contributed by atoms with Crippen molar-refractivity contribution in [2.45, 2.75) is 51.4 Å². The van der Waals surface area contributed by atoms with Crippen molar-refractivity contribution in [3.8, 4) is 11.5 Å². The van der Waals surface area contributed by atoms with Gasteiger partial charge in [-0.1, -0.05) is 74.9 Å². The van der Waals surface area contributed by atoms with Crippen molar-refractivity contribution in [1.29, 1.82) is 0 Å². The van der Waals surface area contributed by atoms with E-state index in [1.54, 1.807) is 12.1 Å². The largest absolute Gasteiger partial charge is 0.506 e. The van der Waals surface area contributed by atoms with Crippen LogP contribution in [0.15, 0.2) is 36.4 Å². The van der Waals surface area contributed by atoms with E-state index in [0.717, 1.165) is 24.0 Å². The van der Waals surface area contributed by atoms with E-state index in [9.17, 15) is 10.2 Å². The predicted octanol–water partition coefficient (Wildman–Crippen LogP) is 6.68. The summed E-state index contributed by atoms with van der Waals surface area (Å²) in [5.41, 5.74) is 1.77. The SMILES string of the molecule is CCCCCCC(C)(c1ccc(O)c(Cl)c1)c1ccc(O)c(Cl)c1. The Bertz CT molecular complexity index is 647. The Kier molecular flexibility index (Phi) is 6.42. The highest BCUT2D eigenvalue weighted by Gasteiger charge is 2.29. The number of aromatic hydroxyl groups is 2. The van der Waals surface area contributed by atoms with Crippen LogP contribution in [0.1, 0.15) is 57.1 Å². The van der Waals surface area contributed by atoms with Crippen LogP contribution in [0.5, 0.6) is 11.5 Å². The molecule has 2 N–H and O–H groups in total. The topological polar surface area (TPSA) is 40.5 Å². The van der Waals surface area contributed by atoms with E-state index in [4.69, 9.17) is 23.2 Å². The molecule has 4 heteroatoms. The molecule has 0 spiro atoms. The predicted molar refractivity (Wildman–Crippen MR) is 101 cm³/mol. The van der Waals surface area contributed by atoms with E-state index in [1.165, 1.54) is 19.3 Å². The zero-order valence-electron chi connectivity index (χ0n) is 14.1. The van der Waals surface area contributed by atoms with E-state index in [2.05, 4.69) is 13.8 Å². The quantitative estimate of drug-likeness (QED) is 0.536. The zero-order chi connectivity index (χ0) is 17.7. The first-order valence-corrected chi connectivity index (χ1v) is 9.12. The van der Waals surface area contributed by atoms with Crippen molar-refractivity contribution in [1.82, 2.24) is 0 Å². The first-order valence-electron chi connectivity index (χ1n) is 8.36. The summed E-state index contributed by atoms with van der Waals surface area (Å²) in [6, 6.07) is 10.7. The molecular formula is C20H24Cl2O2. The number of halogens is 2. The van der Waals surface area contributed by atoms with Crippen LogP contribution in [0.4, 0.5) is 0 Å². The fraction of sp³-hybridized carbons (Fsp3) is 0.400. The van der Waals surface area contributed by atoms with Crippen LogP contribution in [0.2, 0.25) is 10.0 Å². The van der Waals surface area contributed by atoms with E-state index in [0.29, 0.717) is 10.0 Å². The van der Waals surface area contributed by atoms with Crippen LogP contribution in [-0.4, -0.2) is 10.2 Å². The van der Waals surface area contributed by atoms with Gasteiger partial charge in [0.25, 0.3) is 0 Å². The molecule has 2 nitrogen and oxygen atoms in total. The summed E-state index contributed by atoms with van der Waals surface area (Å²) >= 11 is 12.3. The molecule has 0 unspecified atom stereocenters. The smallest absolute Gasteiger partial charge is 0.134 e. The molecule has 0 aliphatic rings. The Morgan fingerprint density at radius 3 is 1.75 bits per heavy atom. The van der Waals surface area contributed by atoms with Gasteiger partial charge < -0.3 is 10.2 Å². The van der Waals surface area contributed by atoms with Gasteiger partial charge in [-0.2, -0.15) is 0 Å². The Morgan fingerprint density at radius 2 is 1.33 bits per heavy atom. The van der Waals surface area contributed by atoms with Crippen LogP contribution in [0.3, 0.4) is 0 Å². The minimum absolute atomic E-state index is 0.0810. The molecule has 0 atom stereocenters. The number of unbranched alkanes of at least 4 members (excludes halogenated alkanes) is 3. The second kappa shape index (κ2) is 8.13. The summed E-state index contributed by atoms with van der Waals surface area (Å²) in [4.78, 5) is 0. The molecule has 0 fully saturated rings. The first kappa shape index (κ1) is 19.0. The van der Waals surface area contributed by atoms with Gasteiger partial charge in [0.2, 0.25) is 0 Å². The first-order chi connectivity index (χ1) is 11.4. The highest BCUT2D eigenvalue weighted by atomic mass is 35.5. The van der Waals surface area contributed by atoms with Gasteiger partial charge in [-0.25, -0.2) is 0 Å². The highest BCUT2D eigenvalue weighted by molar-refractivity contribution is 6.32. The van der Waals surface area contributed by atoms with Crippen molar-refractivity contribution in [3.63, 3.8) is 0 Å². The molecule has 0 saturated heterocycles. The Labute approximate surface area is 154 Å². The van der Waals surface area contributed by atoms with Crippen LogP contribution in [0, 0.1) is 0 Å². The summed E-state index contributed by atoms with van der Waals surface area (Å²) in [5.74, 6) is 0.162. The number of benzene rings is 2. The number of hydrogen-bond acceptors (Lipinski definition) is 2. The lowest BCUT2D eigenvalue weighted by molar-refractivity contribution is 0.463. The Hall–Kier alpha value is -1.38. The molecule has 2 aromatic rings. The average Bonchev–Trinajstić information content (AvgIpc) is 2.56. The monoisotopic (exact) mass is 366 g/mol. The maximum atomic E-state index is 9.72. The third-order valence-electron chi connectivity index (χ3n) is 4.70. The van der Waals surface area contributed by atoms with E-state index in [1.807, 2.05) is 24.3 Å². The van der Waals surface area contributed by atoms with Crippen LogP contribution in [0.25, 0.3) is 0 Å². The fourth-order valence-corrected chi connectivity index (χ4v) is 3.42. The second-order valence-corrected chi connectivity index (χ2v) is 7.29. The van der Waals surface area contributed by atoms with Crippen LogP contribution < -0.4 is 0 Å². The van der Waals surface area contributed by atoms with Crippen molar-refractivity contribution in [2.75, 3.05) is 0 Å². The molecule has 2 aromatic carbocycles. The molecular weight excluding hydrogens is 343 g/mol. The molecule has 130 valence electrons. The van der Waals surface area contributed by atoms with Gasteiger partial charge in [-0.15, -0.1) is 0 Å². The lowest BCUT2D eigenvalue weighted by Gasteiger charge is -2.32. The van der Waals surface area contributed by atoms with E-state index < -0.39 is 0 Å². The summed E-state index contributed by atoms with van der Waals surface area (Å²) in [6.45, 7) is 4.35. The van der Waals surface area contributed by atoms with Gasteiger partial charge >= 0.3 is 0 Å². The van der Waals surface area contributed by atoms with Gasteiger partial charge in [-0.3, -0.25) is 0 Å². The standard InChI is InChI=1S/C20H24Cl2O2/c1-3-4-5-6-11-20(2,14-7-9-18(23)16(21)12-14)15-8-10-19(24)17(22)13-15/h7-10,12-13,23-24H,3-6,11H2,1-2H3. The van der Waals surface area contributed by atoms with Gasteiger partial charge in [0.05, 0.1) is 10.0 Å². The molecule has 0 amide bonds. The Morgan fingerprint density at radius 1 is 0.833 bits per heavy atom. The maximum Gasteiger partial charge on any atom is 0.134 e. The number of rotatable bonds is 7. The van der Waals surface area contributed by atoms with Crippen molar-refractivity contribution < 1.29 is 10.2 Å². The fourth-order valence-electron chi connectivity index (χ4n) is 3.06. The van der Waals surface area contributed by atoms with E-state index >= 15 is 0 Å². The van der Waals surface area contributed by atoms with Gasteiger partial charge in [-0.05, 0) is 41.8 Å². The van der Waals surface area contributed by atoms with E-state index in [-0.39, 0.29) is 16.9 Å². The summed E-state index contributed by atoms with van der Waals surface area (Å²) in [6.07, 6.45) is 5.59. The van der Waals surface area contributed by atoms with Crippen molar-refractivity contribution in [2.24, 2.45) is 0 Å². The van der Waals surface area contributed by atoms with Gasteiger partial charge in [0.15, 0.2) is 0 Å². The maximum absolute atomic E-state index is 9.72. The normalized spacial score (nSPS) is 11.7. The molecule has 0 aliphatic carbocycles. The minimum Gasteiger partial charge on any atom is -0.506 e. The number of phenols is 2. The number of phenolic OH excluding ortho intramolecular Hbond substituents is 2.